The highest BCUT2D eigenvalue weighted by molar-refractivity contribution is 5.86. The van der Waals surface area contributed by atoms with E-state index in [-0.39, 0.29) is 6.04 Å². The lowest BCUT2D eigenvalue weighted by atomic mass is 9.93. The van der Waals surface area contributed by atoms with Crippen molar-refractivity contribution >= 4 is 10.9 Å². The fourth-order valence-electron chi connectivity index (χ4n) is 3.41. The first-order valence-corrected chi connectivity index (χ1v) is 7.60. The first-order chi connectivity index (χ1) is 10.8. The van der Waals surface area contributed by atoms with E-state index in [4.69, 9.17) is 4.74 Å². The molecule has 22 heavy (non-hydrogen) atoms. The van der Waals surface area contributed by atoms with E-state index in [1.54, 1.807) is 7.11 Å². The van der Waals surface area contributed by atoms with Crippen molar-refractivity contribution in [3.05, 3.63) is 59.0 Å². The number of rotatable bonds is 2. The number of aromatic nitrogens is 2. The minimum atomic E-state index is 0.199. The van der Waals surface area contributed by atoms with Crippen molar-refractivity contribution in [2.75, 3.05) is 13.7 Å². The van der Waals surface area contributed by atoms with Gasteiger partial charge < -0.3 is 15.0 Å². The fraction of sp³-hybridized carbons (Fsp3) is 0.278. The maximum Gasteiger partial charge on any atom is 0.119 e. The monoisotopic (exact) mass is 293 g/mol. The Kier molecular flexibility index (Phi) is 3.12. The summed E-state index contributed by atoms with van der Waals surface area (Å²) in [6.45, 7) is 3.09. The molecule has 3 heterocycles. The van der Waals surface area contributed by atoms with Gasteiger partial charge in [0, 0.05) is 35.5 Å². The molecule has 0 amide bonds. The number of benzene rings is 1. The van der Waals surface area contributed by atoms with Gasteiger partial charge in [-0.2, -0.15) is 0 Å². The summed E-state index contributed by atoms with van der Waals surface area (Å²) >= 11 is 0. The van der Waals surface area contributed by atoms with Crippen LogP contribution in [0, 0.1) is 6.92 Å². The van der Waals surface area contributed by atoms with Gasteiger partial charge in [-0.25, -0.2) is 0 Å². The molecular weight excluding hydrogens is 274 g/mol. The Labute approximate surface area is 129 Å². The minimum Gasteiger partial charge on any atom is -0.497 e. The molecule has 1 unspecified atom stereocenters. The summed E-state index contributed by atoms with van der Waals surface area (Å²) in [4.78, 5) is 7.81. The van der Waals surface area contributed by atoms with Crippen LogP contribution >= 0.6 is 0 Å². The third-order valence-electron chi connectivity index (χ3n) is 4.53. The minimum absolute atomic E-state index is 0.199. The first-order valence-electron chi connectivity index (χ1n) is 7.60. The van der Waals surface area contributed by atoms with Crippen molar-refractivity contribution < 1.29 is 4.74 Å². The zero-order chi connectivity index (χ0) is 15.1. The Morgan fingerprint density at radius 2 is 2.18 bits per heavy atom. The zero-order valence-electron chi connectivity index (χ0n) is 12.8. The molecule has 1 aromatic carbocycles. The lowest BCUT2D eigenvalue weighted by molar-refractivity contribution is 0.415. The molecule has 0 saturated heterocycles. The second kappa shape index (κ2) is 5.14. The van der Waals surface area contributed by atoms with Crippen LogP contribution in [0.3, 0.4) is 0 Å². The van der Waals surface area contributed by atoms with Gasteiger partial charge >= 0.3 is 0 Å². The molecule has 0 bridgehead atoms. The van der Waals surface area contributed by atoms with Crippen LogP contribution in [-0.2, 0) is 6.42 Å². The van der Waals surface area contributed by atoms with Gasteiger partial charge in [0.25, 0.3) is 0 Å². The number of pyridine rings is 1. The second-order valence-corrected chi connectivity index (χ2v) is 5.80. The largest absolute Gasteiger partial charge is 0.497 e. The molecule has 2 N–H and O–H groups in total. The maximum absolute atomic E-state index is 5.38. The standard InChI is InChI=1S/C18H19N3O/c1-11-10-19-7-5-13(11)17-18-14(6-8-20-17)15-9-12(22-2)3-4-16(15)21-18/h3-5,7,9-10,17,20-21H,6,8H2,1-2H3. The van der Waals surface area contributed by atoms with E-state index in [0.717, 1.165) is 18.7 Å². The number of nitrogens with one attached hydrogen (secondary N) is 2. The zero-order valence-corrected chi connectivity index (χ0v) is 12.8. The third kappa shape index (κ3) is 1.99. The summed E-state index contributed by atoms with van der Waals surface area (Å²) in [6, 6.07) is 8.54. The predicted molar refractivity (Wildman–Crippen MR) is 87.4 cm³/mol. The summed E-state index contributed by atoms with van der Waals surface area (Å²) in [5.41, 5.74) is 6.34. The van der Waals surface area contributed by atoms with Gasteiger partial charge in [-0.15, -0.1) is 0 Å². The van der Waals surface area contributed by atoms with Gasteiger partial charge in [0.1, 0.15) is 5.75 Å². The van der Waals surface area contributed by atoms with Crippen LogP contribution in [0.5, 0.6) is 5.75 Å². The Balaban J connectivity index is 1.90. The number of aromatic amines is 1. The van der Waals surface area contributed by atoms with Crippen molar-refractivity contribution in [2.45, 2.75) is 19.4 Å². The number of fused-ring (bicyclic) bond motifs is 3. The average Bonchev–Trinajstić information content (AvgIpc) is 2.93. The molecule has 0 aliphatic carbocycles. The van der Waals surface area contributed by atoms with Gasteiger partial charge in [0.2, 0.25) is 0 Å². The Morgan fingerprint density at radius 1 is 1.27 bits per heavy atom. The molecule has 4 heteroatoms. The highest BCUT2D eigenvalue weighted by Gasteiger charge is 2.26. The fourth-order valence-corrected chi connectivity index (χ4v) is 3.41. The smallest absolute Gasteiger partial charge is 0.119 e. The summed E-state index contributed by atoms with van der Waals surface area (Å²) < 4.78 is 5.38. The van der Waals surface area contributed by atoms with E-state index < -0.39 is 0 Å². The Hall–Kier alpha value is -2.33. The SMILES string of the molecule is COc1ccc2[nH]c3c(c2c1)CCNC3c1ccncc1C. The van der Waals surface area contributed by atoms with Crippen LogP contribution in [0.1, 0.15) is 28.4 Å². The Morgan fingerprint density at radius 3 is 3.00 bits per heavy atom. The molecule has 0 fully saturated rings. The average molecular weight is 293 g/mol. The van der Waals surface area contributed by atoms with Crippen LogP contribution < -0.4 is 10.1 Å². The van der Waals surface area contributed by atoms with E-state index in [1.807, 2.05) is 18.5 Å². The summed E-state index contributed by atoms with van der Waals surface area (Å²) in [6.07, 6.45) is 4.82. The van der Waals surface area contributed by atoms with Crippen LogP contribution in [0.4, 0.5) is 0 Å². The van der Waals surface area contributed by atoms with Crippen LogP contribution in [-0.4, -0.2) is 23.6 Å². The number of hydrogen-bond acceptors (Lipinski definition) is 3. The Bertz CT molecular complexity index is 837. The predicted octanol–water partition coefficient (Wildman–Crippen LogP) is 3.12. The van der Waals surface area contributed by atoms with Crippen molar-refractivity contribution in [1.29, 1.82) is 0 Å². The highest BCUT2D eigenvalue weighted by Crippen LogP contribution is 2.35. The molecule has 4 rings (SSSR count). The number of H-pyrrole nitrogens is 1. The number of hydrogen-bond donors (Lipinski definition) is 2. The molecule has 2 aromatic heterocycles. The van der Waals surface area contributed by atoms with E-state index in [0.29, 0.717) is 0 Å². The molecule has 1 aliphatic rings. The lowest BCUT2D eigenvalue weighted by Crippen LogP contribution is -2.30. The topological polar surface area (TPSA) is 49.9 Å². The normalized spacial score (nSPS) is 17.5. The molecule has 112 valence electrons. The molecular formula is C18H19N3O. The number of ether oxygens (including phenoxy) is 1. The van der Waals surface area contributed by atoms with E-state index in [9.17, 15) is 0 Å². The lowest BCUT2D eigenvalue weighted by Gasteiger charge is -2.25. The highest BCUT2D eigenvalue weighted by atomic mass is 16.5. The molecule has 0 spiro atoms. The number of aryl methyl sites for hydroxylation is 1. The van der Waals surface area contributed by atoms with Crippen LogP contribution in [0.25, 0.3) is 10.9 Å². The number of nitrogens with zero attached hydrogens (tertiary/aromatic N) is 1. The van der Waals surface area contributed by atoms with Gasteiger partial charge in [0.05, 0.1) is 13.2 Å². The van der Waals surface area contributed by atoms with E-state index in [1.165, 1.54) is 33.3 Å². The molecule has 0 saturated carbocycles. The quantitative estimate of drug-likeness (QED) is 0.763. The molecule has 0 radical (unpaired) electrons. The van der Waals surface area contributed by atoms with Crippen molar-refractivity contribution in [3.63, 3.8) is 0 Å². The summed E-state index contributed by atoms with van der Waals surface area (Å²) in [5, 5.41) is 4.90. The van der Waals surface area contributed by atoms with Gasteiger partial charge in [-0.3, -0.25) is 4.98 Å². The maximum atomic E-state index is 5.38. The molecule has 1 atom stereocenters. The van der Waals surface area contributed by atoms with Crippen LogP contribution in [0.15, 0.2) is 36.7 Å². The third-order valence-corrected chi connectivity index (χ3v) is 4.53. The van der Waals surface area contributed by atoms with Crippen molar-refractivity contribution in [1.82, 2.24) is 15.3 Å². The van der Waals surface area contributed by atoms with E-state index in [2.05, 4.69) is 40.4 Å². The van der Waals surface area contributed by atoms with Gasteiger partial charge in [-0.05, 0) is 54.3 Å². The second-order valence-electron chi connectivity index (χ2n) is 5.80. The first kappa shape index (κ1) is 13.3. The van der Waals surface area contributed by atoms with Gasteiger partial charge in [-0.1, -0.05) is 0 Å². The van der Waals surface area contributed by atoms with Gasteiger partial charge in [0.15, 0.2) is 0 Å². The number of methoxy groups -OCH3 is 1. The van der Waals surface area contributed by atoms with Crippen molar-refractivity contribution in [2.24, 2.45) is 0 Å². The van der Waals surface area contributed by atoms with Crippen LogP contribution in [0.2, 0.25) is 0 Å². The molecule has 1 aliphatic heterocycles. The van der Waals surface area contributed by atoms with E-state index >= 15 is 0 Å². The summed E-state index contributed by atoms with van der Waals surface area (Å²) in [7, 11) is 1.71. The van der Waals surface area contributed by atoms with Crippen molar-refractivity contribution in [3.8, 4) is 5.75 Å². The summed E-state index contributed by atoms with van der Waals surface area (Å²) in [5.74, 6) is 0.907. The molecule has 3 aromatic rings. The molecule has 4 nitrogen and oxygen atoms in total.